The van der Waals surface area contributed by atoms with Crippen molar-refractivity contribution < 1.29 is 21.6 Å². The van der Waals surface area contributed by atoms with E-state index in [1.807, 2.05) is 0 Å². The van der Waals surface area contributed by atoms with Crippen LogP contribution in [0, 0.1) is 5.25 Å². The first-order valence-electron chi connectivity index (χ1n) is 3.52. The number of hydrogen-bond acceptors (Lipinski definition) is 2. The smallest absolute Gasteiger partial charge is 0.253 e. The Morgan fingerprint density at radius 2 is 1.50 bits per heavy atom. The third-order valence-corrected chi connectivity index (χ3v) is 3.62. The maximum Gasteiger partial charge on any atom is 0.468 e. The monoisotopic (exact) mass is 201 g/mol. The van der Waals surface area contributed by atoms with Crippen molar-refractivity contribution in [3.05, 3.63) is 5.25 Å². The fourth-order valence-corrected chi connectivity index (χ4v) is 2.36. The van der Waals surface area contributed by atoms with E-state index in [4.69, 9.17) is 0 Å². The van der Waals surface area contributed by atoms with E-state index in [9.17, 15) is 21.6 Å². The van der Waals surface area contributed by atoms with Crippen LogP contribution in [0.4, 0.5) is 13.2 Å². The van der Waals surface area contributed by atoms with E-state index in [0.717, 1.165) is 0 Å². The summed E-state index contributed by atoms with van der Waals surface area (Å²) in [6.07, 6.45) is 1.24. The molecule has 0 aromatic carbocycles. The first-order valence-corrected chi connectivity index (χ1v) is 5.00. The predicted octanol–water partition coefficient (Wildman–Crippen LogP) is 2.03. The van der Waals surface area contributed by atoms with Gasteiger partial charge in [0.2, 0.25) is 0 Å². The first-order chi connectivity index (χ1) is 5.36. The fourth-order valence-electron chi connectivity index (χ4n) is 1.20. The van der Waals surface area contributed by atoms with Crippen LogP contribution in [0.2, 0.25) is 0 Å². The molecular formula is C6H8F3O2S-. The molecule has 0 aliphatic heterocycles. The molecule has 0 heterocycles. The summed E-state index contributed by atoms with van der Waals surface area (Å²) in [6.45, 7) is 0. The Morgan fingerprint density at radius 1 is 1.08 bits per heavy atom. The fraction of sp³-hybridized carbons (Fsp3) is 0.833. The van der Waals surface area contributed by atoms with Crippen molar-refractivity contribution in [2.75, 3.05) is 0 Å². The van der Waals surface area contributed by atoms with Crippen LogP contribution in [0.15, 0.2) is 0 Å². The molecule has 1 fully saturated rings. The molecule has 6 heteroatoms. The van der Waals surface area contributed by atoms with Gasteiger partial charge in [-0.2, -0.15) is 31.3 Å². The summed E-state index contributed by atoms with van der Waals surface area (Å²) in [5.41, 5.74) is -5.10. The summed E-state index contributed by atoms with van der Waals surface area (Å²) in [5.74, 6) is 0. The van der Waals surface area contributed by atoms with E-state index in [2.05, 4.69) is 0 Å². The van der Waals surface area contributed by atoms with Crippen molar-refractivity contribution in [1.29, 1.82) is 0 Å². The van der Waals surface area contributed by atoms with E-state index in [1.54, 1.807) is 0 Å². The van der Waals surface area contributed by atoms with Crippen molar-refractivity contribution in [2.24, 2.45) is 0 Å². The molecule has 1 rings (SSSR count). The Labute approximate surface area is 68.7 Å². The van der Waals surface area contributed by atoms with Gasteiger partial charge in [-0.05, 0) is 0 Å². The summed E-state index contributed by atoms with van der Waals surface area (Å²) < 4.78 is 57.0. The highest BCUT2D eigenvalue weighted by molar-refractivity contribution is 7.95. The molecule has 1 aliphatic rings. The van der Waals surface area contributed by atoms with Crippen molar-refractivity contribution in [1.82, 2.24) is 0 Å². The summed E-state index contributed by atoms with van der Waals surface area (Å²) in [6, 6.07) is 0. The van der Waals surface area contributed by atoms with Gasteiger partial charge in [-0.1, -0.05) is 12.8 Å². The van der Waals surface area contributed by atoms with Crippen LogP contribution in [-0.4, -0.2) is 13.9 Å². The van der Waals surface area contributed by atoms with Gasteiger partial charge in [-0.15, -0.1) is 0 Å². The maximum atomic E-state index is 11.9. The lowest BCUT2D eigenvalue weighted by molar-refractivity contribution is -0.0434. The molecule has 0 spiro atoms. The molecule has 12 heavy (non-hydrogen) atoms. The number of rotatable bonds is 1. The SMILES string of the molecule is O=S(=O)([C-]1CCCC1)C(F)(F)F. The highest BCUT2D eigenvalue weighted by Crippen LogP contribution is 2.40. The van der Waals surface area contributed by atoms with Crippen molar-refractivity contribution in [3.8, 4) is 0 Å². The molecule has 0 N–H and O–H groups in total. The van der Waals surface area contributed by atoms with E-state index in [0.29, 0.717) is 12.8 Å². The Balaban J connectivity index is 2.85. The molecule has 72 valence electrons. The van der Waals surface area contributed by atoms with Crippen molar-refractivity contribution in [3.63, 3.8) is 0 Å². The van der Waals surface area contributed by atoms with Crippen molar-refractivity contribution >= 4 is 9.84 Å². The molecule has 0 bridgehead atoms. The van der Waals surface area contributed by atoms with E-state index >= 15 is 0 Å². The average Bonchev–Trinajstić information content (AvgIpc) is 2.34. The lowest BCUT2D eigenvalue weighted by atomic mass is 10.4. The second-order valence-corrected chi connectivity index (χ2v) is 4.74. The zero-order chi connectivity index (χ0) is 9.41. The lowest BCUT2D eigenvalue weighted by Gasteiger charge is -2.24. The Hall–Kier alpha value is -0.260. The summed E-state index contributed by atoms with van der Waals surface area (Å²) in [5, 5.41) is -0.352. The van der Waals surface area contributed by atoms with E-state index < -0.39 is 15.3 Å². The van der Waals surface area contributed by atoms with Gasteiger partial charge in [0.15, 0.2) is 0 Å². The minimum Gasteiger partial charge on any atom is -0.253 e. The normalized spacial score (nSPS) is 21.6. The molecule has 0 aromatic heterocycles. The van der Waals surface area contributed by atoms with Crippen LogP contribution in [0.1, 0.15) is 25.7 Å². The number of alkyl halides is 3. The molecule has 0 aromatic rings. The van der Waals surface area contributed by atoms with Crippen LogP contribution < -0.4 is 0 Å². The van der Waals surface area contributed by atoms with Crippen LogP contribution in [0.5, 0.6) is 0 Å². The van der Waals surface area contributed by atoms with E-state index in [-0.39, 0.29) is 18.1 Å². The van der Waals surface area contributed by atoms with E-state index in [1.165, 1.54) is 0 Å². The first kappa shape index (κ1) is 9.83. The summed E-state index contributed by atoms with van der Waals surface area (Å²) in [7, 11) is -4.96. The number of sulfone groups is 1. The predicted molar refractivity (Wildman–Crippen MR) is 36.7 cm³/mol. The minimum atomic E-state index is -5.10. The third kappa shape index (κ3) is 1.57. The summed E-state index contributed by atoms with van der Waals surface area (Å²) in [4.78, 5) is 0. The molecule has 2 nitrogen and oxygen atoms in total. The van der Waals surface area contributed by atoms with Gasteiger partial charge in [0, 0.05) is 0 Å². The lowest BCUT2D eigenvalue weighted by Crippen LogP contribution is -2.27. The molecule has 0 radical (unpaired) electrons. The third-order valence-electron chi connectivity index (χ3n) is 1.85. The summed E-state index contributed by atoms with van der Waals surface area (Å²) >= 11 is 0. The molecule has 0 atom stereocenters. The van der Waals surface area contributed by atoms with Gasteiger partial charge in [-0.3, -0.25) is 8.42 Å². The standard InChI is InChI=1S/C6H8F3O2S/c7-6(8,9)12(10,11)5-3-1-2-4-5/h1-4H2/q-1. The molecule has 0 saturated heterocycles. The zero-order valence-corrected chi connectivity index (χ0v) is 7.00. The Bertz CT molecular complexity index is 248. The number of halogens is 3. The van der Waals surface area contributed by atoms with Gasteiger partial charge in [-0.25, -0.2) is 0 Å². The number of hydrogen-bond donors (Lipinski definition) is 0. The highest BCUT2D eigenvalue weighted by Gasteiger charge is 2.42. The van der Waals surface area contributed by atoms with Gasteiger partial charge in [0.05, 0.1) is 0 Å². The second-order valence-electron chi connectivity index (χ2n) is 2.69. The second kappa shape index (κ2) is 2.90. The molecule has 0 amide bonds. The molecule has 0 unspecified atom stereocenters. The van der Waals surface area contributed by atoms with Crippen LogP contribution >= 0.6 is 0 Å². The Morgan fingerprint density at radius 3 is 1.83 bits per heavy atom. The van der Waals surface area contributed by atoms with Crippen LogP contribution in [0.3, 0.4) is 0 Å². The minimum absolute atomic E-state index is 0.0713. The van der Waals surface area contributed by atoms with Crippen LogP contribution in [0.25, 0.3) is 0 Å². The topological polar surface area (TPSA) is 34.1 Å². The molecular weight excluding hydrogens is 193 g/mol. The Kier molecular flexibility index (Phi) is 2.38. The van der Waals surface area contributed by atoms with Gasteiger partial charge < -0.3 is 0 Å². The highest BCUT2D eigenvalue weighted by atomic mass is 32.2. The van der Waals surface area contributed by atoms with Gasteiger partial charge >= 0.3 is 5.51 Å². The quantitative estimate of drug-likeness (QED) is 0.608. The maximum absolute atomic E-state index is 11.9. The largest absolute Gasteiger partial charge is 0.468 e. The van der Waals surface area contributed by atoms with Gasteiger partial charge in [0.1, 0.15) is 9.84 Å². The molecule has 1 saturated carbocycles. The van der Waals surface area contributed by atoms with Crippen molar-refractivity contribution in [2.45, 2.75) is 31.2 Å². The van der Waals surface area contributed by atoms with Crippen LogP contribution in [-0.2, 0) is 9.84 Å². The zero-order valence-electron chi connectivity index (χ0n) is 6.19. The van der Waals surface area contributed by atoms with Gasteiger partial charge in [0.25, 0.3) is 0 Å². The molecule has 1 aliphatic carbocycles. The average molecular weight is 201 g/mol.